The summed E-state index contributed by atoms with van der Waals surface area (Å²) < 4.78 is 28.4. The summed E-state index contributed by atoms with van der Waals surface area (Å²) in [6, 6.07) is 0. The molecule has 8 bridgehead atoms. The predicted octanol–water partition coefficient (Wildman–Crippen LogP) is 6.91. The second kappa shape index (κ2) is 6.03. The third kappa shape index (κ3) is 2.72. The Morgan fingerprint density at radius 2 is 0.750 bits per heavy atom. The van der Waals surface area contributed by atoms with Crippen molar-refractivity contribution in [3.63, 3.8) is 0 Å². The summed E-state index contributed by atoms with van der Waals surface area (Å²) in [5.41, 5.74) is 0. The molecule has 0 aliphatic heterocycles. The van der Waals surface area contributed by atoms with Crippen LogP contribution in [0.5, 0.6) is 0 Å². The molecule has 0 heterocycles. The van der Waals surface area contributed by atoms with Crippen molar-refractivity contribution in [2.75, 3.05) is 25.7 Å². The van der Waals surface area contributed by atoms with Crippen molar-refractivity contribution in [1.82, 2.24) is 0 Å². The van der Waals surface area contributed by atoms with E-state index in [1.807, 2.05) is 0 Å². The molecule has 8 rings (SSSR count). The Kier molecular flexibility index (Phi) is 4.13. The normalized spacial score (nSPS) is 55.2. The van der Waals surface area contributed by atoms with Crippen molar-refractivity contribution >= 4 is 14.3 Å². The lowest BCUT2D eigenvalue weighted by atomic mass is 9.56. The topological polar surface area (TPSA) is 34.1 Å². The third-order valence-electron chi connectivity index (χ3n) is 11.0. The second-order valence-electron chi connectivity index (χ2n) is 12.9. The van der Waals surface area contributed by atoms with Gasteiger partial charge in [-0.25, -0.2) is 0 Å². The molecule has 0 N–H and O–H groups in total. The standard InChI is InChI=1S/C24H40O2P2/c1-27(25,23-11-17-5-18(12-23)7-19(6-17)13-23)3-4-28(2,26)24-14-20-8-21(15-24)10-22(9-20)16-24/h17-22H,3-16H2,1-2H3/t17?,18?,19?,20?,21?,22?,23?,24?,27-,28-/m1/s1. The van der Waals surface area contributed by atoms with Crippen LogP contribution in [0.25, 0.3) is 0 Å². The molecule has 8 aliphatic rings. The predicted molar refractivity (Wildman–Crippen MR) is 119 cm³/mol. The van der Waals surface area contributed by atoms with Crippen molar-refractivity contribution in [1.29, 1.82) is 0 Å². The molecule has 2 nitrogen and oxygen atoms in total. The minimum absolute atomic E-state index is 0.142. The van der Waals surface area contributed by atoms with Crippen LogP contribution in [0.2, 0.25) is 0 Å². The van der Waals surface area contributed by atoms with Crippen LogP contribution in [0.4, 0.5) is 0 Å². The van der Waals surface area contributed by atoms with Gasteiger partial charge in [0.25, 0.3) is 0 Å². The summed E-state index contributed by atoms with van der Waals surface area (Å²) >= 11 is 0. The van der Waals surface area contributed by atoms with Crippen LogP contribution >= 0.6 is 14.3 Å². The first-order valence-corrected chi connectivity index (χ1v) is 17.0. The molecular formula is C24H40O2P2. The first kappa shape index (κ1) is 19.2. The number of hydrogen-bond acceptors (Lipinski definition) is 2. The van der Waals surface area contributed by atoms with Gasteiger partial charge in [0.1, 0.15) is 0 Å². The molecular weight excluding hydrogens is 382 g/mol. The minimum Gasteiger partial charge on any atom is -0.323 e. The van der Waals surface area contributed by atoms with Gasteiger partial charge in [0, 0.05) is 22.6 Å². The summed E-state index contributed by atoms with van der Waals surface area (Å²) in [7, 11) is -4.51. The lowest BCUT2D eigenvalue weighted by Gasteiger charge is -2.60. The third-order valence-corrected chi connectivity index (χ3v) is 18.6. The largest absolute Gasteiger partial charge is 0.323 e. The Morgan fingerprint density at radius 3 is 0.964 bits per heavy atom. The smallest absolute Gasteiger partial charge is 0.0911 e. The molecule has 0 aromatic carbocycles. The SMILES string of the molecule is C[P@@](=O)(CC[P@@](C)(=O)C12CC3CC(CC(C3)C1)C2)C12CC3CC(CC(C3)C1)C2. The van der Waals surface area contributed by atoms with Gasteiger partial charge in [0.15, 0.2) is 0 Å². The van der Waals surface area contributed by atoms with E-state index in [1.165, 1.54) is 77.0 Å². The molecule has 158 valence electrons. The Balaban J connectivity index is 1.21. The van der Waals surface area contributed by atoms with E-state index in [-0.39, 0.29) is 10.3 Å². The Hall–Kier alpha value is 0.460. The average Bonchev–Trinajstić information content (AvgIpc) is 2.57. The molecule has 0 spiro atoms. The van der Waals surface area contributed by atoms with Crippen molar-refractivity contribution < 1.29 is 9.13 Å². The summed E-state index contributed by atoms with van der Waals surface area (Å²) in [6.07, 6.45) is 17.5. The highest BCUT2D eigenvalue weighted by molar-refractivity contribution is 7.68. The van der Waals surface area contributed by atoms with Crippen LogP contribution in [0.3, 0.4) is 0 Å². The van der Waals surface area contributed by atoms with Crippen LogP contribution in [-0.4, -0.2) is 36.0 Å². The van der Waals surface area contributed by atoms with Gasteiger partial charge in [0.05, 0.1) is 14.3 Å². The quantitative estimate of drug-likeness (QED) is 0.451. The zero-order chi connectivity index (χ0) is 19.4. The zero-order valence-corrected chi connectivity index (χ0v) is 19.9. The average molecular weight is 423 g/mol. The van der Waals surface area contributed by atoms with E-state index in [9.17, 15) is 9.13 Å². The Labute approximate surface area is 172 Å². The molecule has 0 saturated heterocycles. The first-order chi connectivity index (χ1) is 13.2. The molecule has 2 atom stereocenters. The van der Waals surface area contributed by atoms with E-state index in [0.29, 0.717) is 0 Å². The van der Waals surface area contributed by atoms with Gasteiger partial charge in [-0.2, -0.15) is 0 Å². The highest BCUT2D eigenvalue weighted by Gasteiger charge is 2.60. The molecule has 8 saturated carbocycles. The fourth-order valence-corrected chi connectivity index (χ4v) is 18.0. The van der Waals surface area contributed by atoms with Gasteiger partial charge >= 0.3 is 0 Å². The number of hydrogen-bond donors (Lipinski definition) is 0. The molecule has 0 unspecified atom stereocenters. The molecule has 0 amide bonds. The van der Waals surface area contributed by atoms with Crippen LogP contribution in [-0.2, 0) is 9.13 Å². The molecule has 8 fully saturated rings. The maximum absolute atomic E-state index is 14.2. The lowest BCUT2D eigenvalue weighted by molar-refractivity contribution is 0.0324. The summed E-state index contributed by atoms with van der Waals surface area (Å²) in [5, 5.41) is 0.284. The van der Waals surface area contributed by atoms with Crippen LogP contribution in [0.15, 0.2) is 0 Å². The molecule has 0 aromatic heterocycles. The van der Waals surface area contributed by atoms with Crippen molar-refractivity contribution in [3.05, 3.63) is 0 Å². The number of rotatable bonds is 5. The maximum atomic E-state index is 14.2. The molecule has 0 radical (unpaired) electrons. The Bertz CT molecular complexity index is 634. The van der Waals surface area contributed by atoms with Crippen molar-refractivity contribution in [2.24, 2.45) is 35.5 Å². The van der Waals surface area contributed by atoms with Crippen LogP contribution in [0, 0.1) is 35.5 Å². The van der Waals surface area contributed by atoms with Gasteiger partial charge in [-0.05, 0) is 126 Å². The summed E-state index contributed by atoms with van der Waals surface area (Å²) in [5.74, 6) is 5.15. The van der Waals surface area contributed by atoms with E-state index in [2.05, 4.69) is 13.3 Å². The maximum Gasteiger partial charge on any atom is 0.0911 e. The monoisotopic (exact) mass is 422 g/mol. The van der Waals surface area contributed by atoms with Gasteiger partial charge in [-0.3, -0.25) is 0 Å². The van der Waals surface area contributed by atoms with Crippen molar-refractivity contribution in [2.45, 2.75) is 87.4 Å². The zero-order valence-electron chi connectivity index (χ0n) is 18.1. The summed E-state index contributed by atoms with van der Waals surface area (Å²) in [4.78, 5) is 0. The first-order valence-electron chi connectivity index (χ1n) is 12.3. The summed E-state index contributed by atoms with van der Waals surface area (Å²) in [6.45, 7) is 4.28. The van der Waals surface area contributed by atoms with Crippen molar-refractivity contribution in [3.8, 4) is 0 Å². The molecule has 0 aromatic rings. The van der Waals surface area contributed by atoms with E-state index in [0.717, 1.165) is 47.8 Å². The van der Waals surface area contributed by atoms with Gasteiger partial charge in [0.2, 0.25) is 0 Å². The van der Waals surface area contributed by atoms with E-state index >= 15 is 0 Å². The molecule has 4 heteroatoms. The Morgan fingerprint density at radius 1 is 0.536 bits per heavy atom. The van der Waals surface area contributed by atoms with Gasteiger partial charge in [-0.15, -0.1) is 0 Å². The van der Waals surface area contributed by atoms with E-state index in [1.54, 1.807) is 0 Å². The van der Waals surface area contributed by atoms with Crippen LogP contribution < -0.4 is 0 Å². The fourth-order valence-electron chi connectivity index (χ4n) is 10.1. The highest BCUT2D eigenvalue weighted by atomic mass is 31.2. The van der Waals surface area contributed by atoms with Gasteiger partial charge in [-0.1, -0.05) is 0 Å². The molecule has 28 heavy (non-hydrogen) atoms. The van der Waals surface area contributed by atoms with Crippen LogP contribution in [0.1, 0.15) is 77.0 Å². The highest BCUT2D eigenvalue weighted by Crippen LogP contribution is 2.75. The lowest BCUT2D eigenvalue weighted by Crippen LogP contribution is -2.51. The molecule has 8 aliphatic carbocycles. The second-order valence-corrected chi connectivity index (χ2v) is 20.1. The minimum atomic E-state index is -2.25. The van der Waals surface area contributed by atoms with E-state index in [4.69, 9.17) is 0 Å². The van der Waals surface area contributed by atoms with Gasteiger partial charge < -0.3 is 9.13 Å². The van der Waals surface area contributed by atoms with E-state index < -0.39 is 14.3 Å². The fraction of sp³-hybridized carbons (Fsp3) is 1.00.